The van der Waals surface area contributed by atoms with E-state index in [0.717, 1.165) is 16.6 Å². The molecule has 0 bridgehead atoms. The molecule has 3 aromatic heterocycles. The number of aromatic nitrogens is 4. The van der Waals surface area contributed by atoms with Crippen molar-refractivity contribution < 1.29 is 4.74 Å². The molecule has 0 saturated carbocycles. The summed E-state index contributed by atoms with van der Waals surface area (Å²) in [4.78, 5) is 16.7. The molecule has 4 rings (SSSR count). The van der Waals surface area contributed by atoms with Gasteiger partial charge in [0.1, 0.15) is 17.5 Å². The number of hydrogen-bond donors (Lipinski definition) is 2. The van der Waals surface area contributed by atoms with E-state index in [4.69, 9.17) is 10.5 Å². The predicted molar refractivity (Wildman–Crippen MR) is 95.8 cm³/mol. The molecule has 7 nitrogen and oxygen atoms in total. The highest BCUT2D eigenvalue weighted by Gasteiger charge is 2.12. The molecule has 7 heteroatoms. The Balaban J connectivity index is 1.68. The summed E-state index contributed by atoms with van der Waals surface area (Å²) in [6, 6.07) is 13.2. The van der Waals surface area contributed by atoms with Crippen molar-refractivity contribution in [1.82, 2.24) is 19.9 Å². The number of benzene rings is 1. The zero-order chi connectivity index (χ0) is 17.1. The minimum Gasteiger partial charge on any atom is -0.435 e. The summed E-state index contributed by atoms with van der Waals surface area (Å²) in [5.74, 6) is 1.31. The number of nitrogens with zero attached hydrogens (tertiary/aromatic N) is 4. The van der Waals surface area contributed by atoms with Crippen molar-refractivity contribution in [2.45, 2.75) is 0 Å². The Kier molecular flexibility index (Phi) is 3.80. The molecule has 0 unspecified atom stereocenters. The lowest BCUT2D eigenvalue weighted by atomic mass is 10.2. The standard InChI is InChI=1S/C18H14N6O/c19-15-17(24-13-6-9-20-10-7-13)22-11-23-18(15)25-14-5-1-3-12-4-2-8-21-16(12)14/h1-11H,19H2,(H,20,22,23,24). The van der Waals surface area contributed by atoms with Crippen molar-refractivity contribution in [3.05, 3.63) is 67.4 Å². The van der Waals surface area contributed by atoms with Gasteiger partial charge in [0.2, 0.25) is 5.88 Å². The first-order valence-corrected chi connectivity index (χ1v) is 7.60. The van der Waals surface area contributed by atoms with E-state index in [-0.39, 0.29) is 5.88 Å². The fourth-order valence-electron chi connectivity index (χ4n) is 2.40. The molecule has 3 N–H and O–H groups in total. The summed E-state index contributed by atoms with van der Waals surface area (Å²) in [5.41, 5.74) is 8.05. The van der Waals surface area contributed by atoms with E-state index in [1.165, 1.54) is 6.33 Å². The van der Waals surface area contributed by atoms with Gasteiger partial charge in [-0.3, -0.25) is 9.97 Å². The second-order valence-electron chi connectivity index (χ2n) is 5.24. The number of para-hydroxylation sites is 1. The average molecular weight is 330 g/mol. The molecule has 0 spiro atoms. The molecule has 3 heterocycles. The molecule has 0 atom stereocenters. The zero-order valence-corrected chi connectivity index (χ0v) is 13.1. The molecular weight excluding hydrogens is 316 g/mol. The largest absolute Gasteiger partial charge is 0.435 e. The smallest absolute Gasteiger partial charge is 0.248 e. The van der Waals surface area contributed by atoms with Gasteiger partial charge in [0.05, 0.1) is 0 Å². The van der Waals surface area contributed by atoms with Crippen LogP contribution in [-0.4, -0.2) is 19.9 Å². The lowest BCUT2D eigenvalue weighted by Gasteiger charge is -2.12. The molecule has 122 valence electrons. The second-order valence-corrected chi connectivity index (χ2v) is 5.24. The summed E-state index contributed by atoms with van der Waals surface area (Å²) < 4.78 is 5.91. The zero-order valence-electron chi connectivity index (χ0n) is 13.1. The summed E-state index contributed by atoms with van der Waals surface area (Å²) in [6.07, 6.45) is 6.47. The Morgan fingerprint density at radius 2 is 1.72 bits per heavy atom. The Labute approximate surface area is 143 Å². The van der Waals surface area contributed by atoms with E-state index in [9.17, 15) is 0 Å². The van der Waals surface area contributed by atoms with Gasteiger partial charge in [0, 0.05) is 29.7 Å². The normalized spacial score (nSPS) is 10.6. The minimum atomic E-state index is 0.268. The summed E-state index contributed by atoms with van der Waals surface area (Å²) in [7, 11) is 0. The van der Waals surface area contributed by atoms with E-state index in [2.05, 4.69) is 25.3 Å². The van der Waals surface area contributed by atoms with E-state index < -0.39 is 0 Å². The number of ether oxygens (including phenoxy) is 1. The van der Waals surface area contributed by atoms with Gasteiger partial charge in [-0.15, -0.1) is 0 Å². The van der Waals surface area contributed by atoms with Crippen LogP contribution < -0.4 is 15.8 Å². The number of fused-ring (bicyclic) bond motifs is 1. The van der Waals surface area contributed by atoms with Crippen molar-refractivity contribution in [2.24, 2.45) is 0 Å². The number of hydrogen-bond acceptors (Lipinski definition) is 7. The van der Waals surface area contributed by atoms with Crippen LogP contribution >= 0.6 is 0 Å². The van der Waals surface area contributed by atoms with E-state index in [1.54, 1.807) is 18.6 Å². The molecule has 25 heavy (non-hydrogen) atoms. The molecule has 4 aromatic rings. The minimum absolute atomic E-state index is 0.268. The molecule has 0 radical (unpaired) electrons. The van der Waals surface area contributed by atoms with Crippen LogP contribution in [0.1, 0.15) is 0 Å². The topological polar surface area (TPSA) is 98.8 Å². The predicted octanol–water partition coefficient (Wildman–Crippen LogP) is 3.54. The van der Waals surface area contributed by atoms with Crippen LogP contribution in [0.25, 0.3) is 10.9 Å². The van der Waals surface area contributed by atoms with Crippen molar-refractivity contribution in [3.63, 3.8) is 0 Å². The van der Waals surface area contributed by atoms with Crippen LogP contribution in [0.3, 0.4) is 0 Å². The molecule has 0 saturated heterocycles. The monoisotopic (exact) mass is 330 g/mol. The van der Waals surface area contributed by atoms with E-state index in [0.29, 0.717) is 17.3 Å². The Morgan fingerprint density at radius 1 is 0.880 bits per heavy atom. The van der Waals surface area contributed by atoms with Crippen LogP contribution in [-0.2, 0) is 0 Å². The maximum absolute atomic E-state index is 6.17. The highest BCUT2D eigenvalue weighted by atomic mass is 16.5. The summed E-state index contributed by atoms with van der Waals surface area (Å²) >= 11 is 0. The molecule has 1 aromatic carbocycles. The average Bonchev–Trinajstić information content (AvgIpc) is 2.66. The summed E-state index contributed by atoms with van der Waals surface area (Å²) in [5, 5.41) is 4.10. The third-order valence-electron chi connectivity index (χ3n) is 3.59. The fraction of sp³-hybridized carbons (Fsp3) is 0. The molecule has 0 amide bonds. The molecule has 0 fully saturated rings. The van der Waals surface area contributed by atoms with Crippen LogP contribution in [0.5, 0.6) is 11.6 Å². The van der Waals surface area contributed by atoms with Gasteiger partial charge < -0.3 is 15.8 Å². The van der Waals surface area contributed by atoms with Crippen LogP contribution in [0.15, 0.2) is 67.4 Å². The number of anilines is 3. The number of nitrogen functional groups attached to an aromatic ring is 1. The highest BCUT2D eigenvalue weighted by molar-refractivity contribution is 5.84. The van der Waals surface area contributed by atoms with Crippen molar-refractivity contribution >= 4 is 28.1 Å². The van der Waals surface area contributed by atoms with Gasteiger partial charge in [0.15, 0.2) is 11.6 Å². The summed E-state index contributed by atoms with van der Waals surface area (Å²) in [6.45, 7) is 0. The highest BCUT2D eigenvalue weighted by Crippen LogP contribution is 2.33. The third kappa shape index (κ3) is 3.02. The Hall–Kier alpha value is -3.74. The van der Waals surface area contributed by atoms with E-state index in [1.807, 2.05) is 42.5 Å². The number of nitrogens with two attached hydrogens (primary N) is 1. The van der Waals surface area contributed by atoms with Crippen molar-refractivity contribution in [3.8, 4) is 11.6 Å². The van der Waals surface area contributed by atoms with Crippen molar-refractivity contribution in [2.75, 3.05) is 11.1 Å². The van der Waals surface area contributed by atoms with Crippen LogP contribution in [0.4, 0.5) is 17.2 Å². The molecule has 0 aliphatic rings. The molecule has 0 aliphatic carbocycles. The number of pyridine rings is 2. The maximum atomic E-state index is 6.17. The SMILES string of the molecule is Nc1c(Nc2ccncc2)ncnc1Oc1cccc2cccnc12. The van der Waals surface area contributed by atoms with Crippen molar-refractivity contribution in [1.29, 1.82) is 0 Å². The first-order valence-electron chi connectivity index (χ1n) is 7.60. The van der Waals surface area contributed by atoms with E-state index >= 15 is 0 Å². The molecular formula is C18H14N6O. The molecule has 0 aliphatic heterocycles. The maximum Gasteiger partial charge on any atom is 0.248 e. The Bertz CT molecular complexity index is 1020. The first kappa shape index (κ1) is 14.8. The lowest BCUT2D eigenvalue weighted by molar-refractivity contribution is 0.469. The number of rotatable bonds is 4. The third-order valence-corrected chi connectivity index (χ3v) is 3.59. The van der Waals surface area contributed by atoms with Gasteiger partial charge >= 0.3 is 0 Å². The first-order chi connectivity index (χ1) is 12.3. The van der Waals surface area contributed by atoms with Gasteiger partial charge in [-0.1, -0.05) is 18.2 Å². The number of nitrogens with one attached hydrogen (secondary N) is 1. The second kappa shape index (κ2) is 6.40. The van der Waals surface area contributed by atoms with Gasteiger partial charge in [-0.2, -0.15) is 4.98 Å². The van der Waals surface area contributed by atoms with Gasteiger partial charge in [0.25, 0.3) is 0 Å². The van der Waals surface area contributed by atoms with Gasteiger partial charge in [-0.05, 0) is 24.3 Å². The Morgan fingerprint density at radius 3 is 2.60 bits per heavy atom. The fourth-order valence-corrected chi connectivity index (χ4v) is 2.40. The lowest BCUT2D eigenvalue weighted by Crippen LogP contribution is -2.03. The van der Waals surface area contributed by atoms with Gasteiger partial charge in [-0.25, -0.2) is 4.98 Å². The van der Waals surface area contributed by atoms with Crippen LogP contribution in [0.2, 0.25) is 0 Å². The van der Waals surface area contributed by atoms with Crippen LogP contribution in [0, 0.1) is 0 Å². The quantitative estimate of drug-likeness (QED) is 0.590.